The van der Waals surface area contributed by atoms with Crippen molar-refractivity contribution < 1.29 is 18.0 Å². The van der Waals surface area contributed by atoms with Crippen LogP contribution in [0.25, 0.3) is 0 Å². The van der Waals surface area contributed by atoms with Gasteiger partial charge in [-0.05, 0) is 51.6 Å². The number of carbonyl (C=O) groups excluding carboxylic acids is 1. The number of benzene rings is 1. The molecule has 0 spiro atoms. The van der Waals surface area contributed by atoms with E-state index in [9.17, 15) is 18.0 Å². The molecule has 3 aromatic rings. The van der Waals surface area contributed by atoms with Gasteiger partial charge in [-0.1, -0.05) is 12.1 Å². The third-order valence-corrected chi connectivity index (χ3v) is 5.65. The van der Waals surface area contributed by atoms with Gasteiger partial charge < -0.3 is 5.32 Å². The van der Waals surface area contributed by atoms with E-state index in [1.54, 1.807) is 11.6 Å². The Morgan fingerprint density at radius 3 is 2.62 bits per heavy atom. The maximum atomic E-state index is 13.1. The molecule has 3 rings (SSSR count). The molecule has 1 amide bonds. The highest BCUT2D eigenvalue weighted by Crippen LogP contribution is 2.35. The molecule has 9 heteroatoms. The summed E-state index contributed by atoms with van der Waals surface area (Å²) in [6.07, 6.45) is -2.94. The number of rotatable bonds is 4. The van der Waals surface area contributed by atoms with E-state index in [0.717, 1.165) is 14.7 Å². The van der Waals surface area contributed by atoms with Crippen molar-refractivity contribution in [2.75, 3.05) is 5.32 Å². The summed E-state index contributed by atoms with van der Waals surface area (Å²) < 4.78 is 40.1. The van der Waals surface area contributed by atoms with Crippen molar-refractivity contribution in [3.05, 3.63) is 67.6 Å². The molecular weight excluding hydrogens is 449 g/mol. The van der Waals surface area contributed by atoms with Gasteiger partial charge in [-0.15, -0.1) is 22.7 Å². The number of alkyl halides is 3. The number of amides is 1. The van der Waals surface area contributed by atoms with Crippen molar-refractivity contribution in [3.8, 4) is 0 Å². The van der Waals surface area contributed by atoms with Gasteiger partial charge in [0.05, 0.1) is 20.6 Å². The highest BCUT2D eigenvalue weighted by Gasteiger charge is 2.33. The maximum absolute atomic E-state index is 13.1. The van der Waals surface area contributed by atoms with Crippen molar-refractivity contribution in [2.45, 2.75) is 6.18 Å². The van der Waals surface area contributed by atoms with Crippen molar-refractivity contribution in [2.24, 2.45) is 4.99 Å². The summed E-state index contributed by atoms with van der Waals surface area (Å²) in [4.78, 5) is 17.6. The van der Waals surface area contributed by atoms with E-state index < -0.39 is 17.6 Å². The van der Waals surface area contributed by atoms with Crippen LogP contribution in [-0.4, -0.2) is 12.1 Å². The van der Waals surface area contributed by atoms with Crippen LogP contribution < -0.4 is 5.32 Å². The average Bonchev–Trinajstić information content (AvgIpc) is 3.21. The summed E-state index contributed by atoms with van der Waals surface area (Å²) >= 11 is 6.07. The highest BCUT2D eigenvalue weighted by molar-refractivity contribution is 9.11. The zero-order valence-corrected chi connectivity index (χ0v) is 16.1. The molecule has 3 nitrogen and oxygen atoms in total. The molecule has 1 N–H and O–H groups in total. The monoisotopic (exact) mass is 458 g/mol. The van der Waals surface area contributed by atoms with E-state index in [1.165, 1.54) is 46.9 Å². The van der Waals surface area contributed by atoms with Gasteiger partial charge >= 0.3 is 6.18 Å². The van der Waals surface area contributed by atoms with Gasteiger partial charge in [-0.3, -0.25) is 4.79 Å². The molecule has 0 saturated heterocycles. The minimum Gasteiger partial charge on any atom is -0.321 e. The first-order valence-electron chi connectivity index (χ1n) is 7.19. The Kier molecular flexibility index (Phi) is 5.59. The lowest BCUT2D eigenvalue weighted by atomic mass is 10.1. The molecule has 0 fully saturated rings. The second kappa shape index (κ2) is 7.73. The normalized spacial score (nSPS) is 11.8. The zero-order valence-electron chi connectivity index (χ0n) is 12.9. The molecular formula is C17H10BrF3N2OS2. The van der Waals surface area contributed by atoms with Gasteiger partial charge in [-0.2, -0.15) is 13.2 Å². The van der Waals surface area contributed by atoms with Crippen LogP contribution in [0.3, 0.4) is 0 Å². The minimum atomic E-state index is -4.55. The quantitative estimate of drug-likeness (QED) is 0.440. The van der Waals surface area contributed by atoms with Gasteiger partial charge in [0.1, 0.15) is 5.00 Å². The number of nitrogens with zero attached hydrogens (tertiary/aromatic N) is 1. The summed E-state index contributed by atoms with van der Waals surface area (Å²) in [5.41, 5.74) is -0.954. The Bertz CT molecular complexity index is 963. The van der Waals surface area contributed by atoms with Crippen LogP contribution in [0.5, 0.6) is 0 Å². The predicted octanol–water partition coefficient (Wildman–Crippen LogP) is 6.59. The van der Waals surface area contributed by atoms with E-state index in [-0.39, 0.29) is 11.3 Å². The second-order valence-corrected chi connectivity index (χ2v) is 8.43. The van der Waals surface area contributed by atoms with Crippen molar-refractivity contribution in [1.29, 1.82) is 0 Å². The lowest BCUT2D eigenvalue weighted by Crippen LogP contribution is -2.16. The average molecular weight is 459 g/mol. The molecule has 0 aliphatic heterocycles. The van der Waals surface area contributed by atoms with Gasteiger partial charge in [0.15, 0.2) is 0 Å². The summed E-state index contributed by atoms with van der Waals surface area (Å²) in [5.74, 6) is -0.637. The first-order valence-corrected chi connectivity index (χ1v) is 9.68. The predicted molar refractivity (Wildman–Crippen MR) is 103 cm³/mol. The van der Waals surface area contributed by atoms with Crippen LogP contribution in [0.2, 0.25) is 0 Å². The summed E-state index contributed by atoms with van der Waals surface area (Å²) in [5, 5.41) is 4.43. The van der Waals surface area contributed by atoms with Crippen LogP contribution in [-0.2, 0) is 6.18 Å². The summed E-state index contributed by atoms with van der Waals surface area (Å²) in [6.45, 7) is 0. The zero-order chi connectivity index (χ0) is 18.7. The number of halogens is 4. The smallest absolute Gasteiger partial charge is 0.321 e. The molecule has 0 radical (unpaired) electrons. The Morgan fingerprint density at radius 2 is 1.92 bits per heavy atom. The Balaban J connectivity index is 1.82. The second-order valence-electron chi connectivity index (χ2n) is 5.04. The molecule has 26 heavy (non-hydrogen) atoms. The van der Waals surface area contributed by atoms with Crippen LogP contribution in [0.1, 0.15) is 20.8 Å². The summed E-state index contributed by atoms with van der Waals surface area (Å²) in [6, 6.07) is 10.1. The maximum Gasteiger partial charge on any atom is 0.418 e. The number of aliphatic imine (C=N–C) groups is 1. The highest BCUT2D eigenvalue weighted by atomic mass is 79.9. The van der Waals surface area contributed by atoms with Crippen molar-refractivity contribution >= 4 is 61.4 Å². The first kappa shape index (κ1) is 18.8. The third-order valence-electron chi connectivity index (χ3n) is 3.27. The van der Waals surface area contributed by atoms with E-state index in [2.05, 4.69) is 26.2 Å². The Labute approximate surface area is 163 Å². The number of thiophene rings is 2. The molecule has 0 aliphatic carbocycles. The molecule has 0 bridgehead atoms. The molecule has 1 aromatic carbocycles. The first-order chi connectivity index (χ1) is 12.3. The van der Waals surface area contributed by atoms with E-state index in [0.29, 0.717) is 5.00 Å². The van der Waals surface area contributed by atoms with Crippen molar-refractivity contribution in [3.63, 3.8) is 0 Å². The number of nitrogens with one attached hydrogen (secondary N) is 1. The Morgan fingerprint density at radius 1 is 1.15 bits per heavy atom. The minimum absolute atomic E-state index is 0.221. The van der Waals surface area contributed by atoms with Crippen LogP contribution in [0.4, 0.5) is 23.9 Å². The molecule has 0 aliphatic rings. The molecule has 0 unspecified atom stereocenters. The van der Waals surface area contributed by atoms with Gasteiger partial charge in [0.25, 0.3) is 5.91 Å². The largest absolute Gasteiger partial charge is 0.418 e. The fourth-order valence-corrected chi connectivity index (χ4v) is 4.15. The lowest BCUT2D eigenvalue weighted by Gasteiger charge is -2.13. The summed E-state index contributed by atoms with van der Waals surface area (Å²) in [7, 11) is 0. The van der Waals surface area contributed by atoms with E-state index >= 15 is 0 Å². The molecule has 2 heterocycles. The molecule has 0 atom stereocenters. The van der Waals surface area contributed by atoms with Crippen LogP contribution in [0.15, 0.2) is 56.6 Å². The number of para-hydroxylation sites is 1. The topological polar surface area (TPSA) is 41.5 Å². The van der Waals surface area contributed by atoms with Gasteiger partial charge in [-0.25, -0.2) is 4.99 Å². The van der Waals surface area contributed by atoms with Gasteiger partial charge in [0.2, 0.25) is 0 Å². The molecule has 0 saturated carbocycles. The van der Waals surface area contributed by atoms with E-state index in [1.807, 2.05) is 12.1 Å². The number of hydrogen-bond acceptors (Lipinski definition) is 4. The SMILES string of the molecule is O=C(Nc1ccccc1C(F)(F)F)c1ccsc1/N=C/c1ccc(Br)s1. The molecule has 2 aromatic heterocycles. The number of carbonyl (C=O) groups is 1. The van der Waals surface area contributed by atoms with E-state index in [4.69, 9.17) is 0 Å². The third kappa shape index (κ3) is 4.40. The molecule has 134 valence electrons. The standard InChI is InChI=1S/C17H10BrF3N2OS2/c18-14-6-5-10(26-14)9-22-16-11(7-8-25-16)15(24)23-13-4-2-1-3-12(13)17(19,20)21/h1-9H,(H,23,24)/b22-9+. The Hall–Kier alpha value is -1.97. The van der Waals surface area contributed by atoms with Crippen LogP contribution in [0, 0.1) is 0 Å². The number of hydrogen-bond donors (Lipinski definition) is 1. The van der Waals surface area contributed by atoms with Crippen LogP contribution >= 0.6 is 38.6 Å². The lowest BCUT2D eigenvalue weighted by molar-refractivity contribution is -0.136. The number of anilines is 1. The van der Waals surface area contributed by atoms with Crippen molar-refractivity contribution in [1.82, 2.24) is 0 Å². The fourth-order valence-electron chi connectivity index (χ4n) is 2.12. The van der Waals surface area contributed by atoms with Gasteiger partial charge in [0, 0.05) is 11.1 Å². The fraction of sp³-hybridized carbons (Fsp3) is 0.0588.